The third-order valence-corrected chi connectivity index (χ3v) is 7.83. The Morgan fingerprint density at radius 1 is 0.528 bits per heavy atom. The molecule has 0 radical (unpaired) electrons. The van der Waals surface area contributed by atoms with E-state index in [0.717, 1.165) is 30.1 Å². The molecule has 0 aliphatic heterocycles. The van der Waals surface area contributed by atoms with Gasteiger partial charge in [0.1, 0.15) is 0 Å². The fraction of sp³-hybridized carbons (Fsp3) is 0.394. The molecule has 0 amide bonds. The van der Waals surface area contributed by atoms with Crippen LogP contribution in [-0.4, -0.2) is 0 Å². The van der Waals surface area contributed by atoms with Crippen LogP contribution >= 0.6 is 0 Å². The summed E-state index contributed by atoms with van der Waals surface area (Å²) >= 11 is 0. The Kier molecular flexibility index (Phi) is 10.5. The number of hydrogen-bond acceptors (Lipinski definition) is 0. The van der Waals surface area contributed by atoms with Gasteiger partial charge in [0.05, 0.1) is 0 Å². The van der Waals surface area contributed by atoms with Crippen molar-refractivity contribution in [1.82, 2.24) is 0 Å². The largest absolute Gasteiger partial charge is 2.00 e. The predicted octanol–water partition coefficient (Wildman–Crippen LogP) is 3.68. The molecule has 4 aliphatic carbocycles. The van der Waals surface area contributed by atoms with Gasteiger partial charge >= 0.3 is 26.2 Å². The van der Waals surface area contributed by atoms with Gasteiger partial charge in [-0.25, -0.2) is 0 Å². The number of rotatable bonds is 4. The normalized spacial score (nSPS) is 18.1. The quantitative estimate of drug-likeness (QED) is 0.317. The summed E-state index contributed by atoms with van der Waals surface area (Å²) in [5.74, 6) is 3.51. The van der Waals surface area contributed by atoms with E-state index in [1.807, 2.05) is 0 Å². The van der Waals surface area contributed by atoms with Crippen LogP contribution in [0.1, 0.15) is 104 Å². The standard InChI is InChI=1S/2C15H15.C3H6.2ClH.Zr/c2*1-2-14-12(10-4-5-10)8-9-13(11-6-7-11)15(14)3-1;1-3-2;;;/h2*1-3,8-11H,4-7H2;1-3H2;2*1H;/q2*-1;-2;;;+2/p-2. The summed E-state index contributed by atoms with van der Waals surface area (Å²) in [6.45, 7) is 6.75. The summed E-state index contributed by atoms with van der Waals surface area (Å²) in [5.41, 5.74) is 6.44. The zero-order valence-corrected chi connectivity index (χ0v) is 25.1. The van der Waals surface area contributed by atoms with E-state index in [-0.39, 0.29) is 51.0 Å². The zero-order valence-electron chi connectivity index (χ0n) is 21.1. The van der Waals surface area contributed by atoms with E-state index in [9.17, 15) is 0 Å². The van der Waals surface area contributed by atoms with Crippen LogP contribution in [-0.2, 0) is 26.2 Å². The van der Waals surface area contributed by atoms with Gasteiger partial charge in [-0.3, -0.25) is 0 Å². The SMILES string of the molecule is [CH2-]C[CH2-].[Cl-].[Cl-].[Zr+2].c1cc2c(C3CC3)ccc(C3CC3)c2[cH-]1.c1cc2c(C3CC3)ccc(C3CC3)c2[cH-]1. The van der Waals surface area contributed by atoms with Crippen molar-refractivity contribution >= 4 is 21.5 Å². The molecule has 0 atom stereocenters. The van der Waals surface area contributed by atoms with Crippen LogP contribution < -0.4 is 24.8 Å². The molecule has 0 bridgehead atoms. The minimum Gasteiger partial charge on any atom is -1.00 e. The van der Waals surface area contributed by atoms with Gasteiger partial charge in [0.15, 0.2) is 0 Å². The second-order valence-electron chi connectivity index (χ2n) is 10.6. The molecule has 0 heterocycles. The summed E-state index contributed by atoms with van der Waals surface area (Å²) in [7, 11) is 0. The summed E-state index contributed by atoms with van der Waals surface area (Å²) < 4.78 is 0. The minimum absolute atomic E-state index is 0. The first-order valence-electron chi connectivity index (χ1n) is 13.2. The number of benzene rings is 2. The van der Waals surface area contributed by atoms with Crippen molar-refractivity contribution in [1.29, 1.82) is 0 Å². The average molecular weight is 595 g/mol. The van der Waals surface area contributed by atoms with Gasteiger partial charge in [0, 0.05) is 0 Å². The summed E-state index contributed by atoms with van der Waals surface area (Å²) in [4.78, 5) is 0. The Morgan fingerprint density at radius 3 is 1.11 bits per heavy atom. The topological polar surface area (TPSA) is 0 Å². The van der Waals surface area contributed by atoms with E-state index in [1.54, 1.807) is 43.8 Å². The molecule has 3 heteroatoms. The van der Waals surface area contributed by atoms with Crippen molar-refractivity contribution in [3.05, 3.63) is 96.8 Å². The van der Waals surface area contributed by atoms with Gasteiger partial charge in [-0.2, -0.15) is 24.3 Å². The van der Waals surface area contributed by atoms with Crippen LogP contribution in [0.4, 0.5) is 0 Å². The van der Waals surface area contributed by atoms with E-state index in [4.69, 9.17) is 0 Å². The third kappa shape index (κ3) is 6.39. The van der Waals surface area contributed by atoms with Crippen molar-refractivity contribution in [3.63, 3.8) is 0 Å². The maximum Gasteiger partial charge on any atom is 2.00 e. The van der Waals surface area contributed by atoms with Gasteiger partial charge < -0.3 is 45.1 Å². The van der Waals surface area contributed by atoms with Crippen molar-refractivity contribution in [2.45, 2.75) is 81.5 Å². The summed E-state index contributed by atoms with van der Waals surface area (Å²) in [6.07, 6.45) is 12.0. The molecule has 4 fully saturated rings. The molecule has 4 saturated carbocycles. The molecule has 4 aromatic carbocycles. The summed E-state index contributed by atoms with van der Waals surface area (Å²) in [6, 6.07) is 23.3. The van der Waals surface area contributed by atoms with Gasteiger partial charge in [-0.05, 0) is 49.4 Å². The zero-order chi connectivity index (χ0) is 22.4. The molecule has 190 valence electrons. The first-order chi connectivity index (χ1) is 16.3. The second-order valence-corrected chi connectivity index (χ2v) is 10.6. The number of hydrogen-bond donors (Lipinski definition) is 0. The predicted molar refractivity (Wildman–Crippen MR) is 142 cm³/mol. The van der Waals surface area contributed by atoms with Gasteiger partial charge in [0.2, 0.25) is 0 Å². The monoisotopic (exact) mass is 592 g/mol. The second kappa shape index (κ2) is 12.8. The van der Waals surface area contributed by atoms with Crippen LogP contribution in [0.25, 0.3) is 21.5 Å². The minimum atomic E-state index is 0. The Hall–Kier alpha value is -0.877. The van der Waals surface area contributed by atoms with E-state index >= 15 is 0 Å². The maximum absolute atomic E-state index is 3.38. The molecule has 0 saturated heterocycles. The van der Waals surface area contributed by atoms with Gasteiger partial charge in [-0.15, -0.1) is 56.9 Å². The van der Waals surface area contributed by atoms with Gasteiger partial charge in [-0.1, -0.05) is 48.9 Å². The third-order valence-electron chi connectivity index (χ3n) is 7.83. The van der Waals surface area contributed by atoms with Crippen molar-refractivity contribution in [2.75, 3.05) is 0 Å². The first-order valence-corrected chi connectivity index (χ1v) is 13.2. The Bertz CT molecular complexity index is 1060. The van der Waals surface area contributed by atoms with Crippen molar-refractivity contribution in [2.24, 2.45) is 0 Å². The molecule has 36 heavy (non-hydrogen) atoms. The fourth-order valence-corrected chi connectivity index (χ4v) is 5.57. The van der Waals surface area contributed by atoms with E-state index in [0.29, 0.717) is 0 Å². The van der Waals surface area contributed by atoms with Gasteiger partial charge in [0.25, 0.3) is 0 Å². The molecule has 0 unspecified atom stereocenters. The molecule has 0 nitrogen and oxygen atoms in total. The smallest absolute Gasteiger partial charge is 1.00 e. The Morgan fingerprint density at radius 2 is 0.806 bits per heavy atom. The van der Waals surface area contributed by atoms with Crippen LogP contribution in [0.3, 0.4) is 0 Å². The van der Waals surface area contributed by atoms with Crippen LogP contribution in [0.2, 0.25) is 0 Å². The van der Waals surface area contributed by atoms with Crippen LogP contribution in [0.15, 0.2) is 60.7 Å². The Balaban J connectivity index is 0.000000169. The Labute approximate surface area is 249 Å². The van der Waals surface area contributed by atoms with E-state index < -0.39 is 0 Å². The molecule has 4 aliphatic rings. The maximum atomic E-state index is 3.38. The van der Waals surface area contributed by atoms with E-state index in [2.05, 4.69) is 74.5 Å². The molecular weight excluding hydrogens is 558 g/mol. The number of halogens is 2. The van der Waals surface area contributed by atoms with Crippen molar-refractivity contribution < 1.29 is 51.0 Å². The van der Waals surface area contributed by atoms with Crippen LogP contribution in [0, 0.1) is 13.8 Å². The molecule has 0 aromatic heterocycles. The van der Waals surface area contributed by atoms with Crippen LogP contribution in [0.5, 0.6) is 0 Å². The molecule has 4 aromatic rings. The fourth-order valence-electron chi connectivity index (χ4n) is 5.57. The molecule has 8 rings (SSSR count). The summed E-state index contributed by atoms with van der Waals surface area (Å²) in [5, 5.41) is 6.17. The average Bonchev–Trinajstić information content (AvgIpc) is 3.65. The first kappa shape index (κ1) is 29.7. The molecular formula is C33H36Cl2Zr-4. The number of fused-ring (bicyclic) bond motifs is 2. The van der Waals surface area contributed by atoms with E-state index in [1.165, 1.54) is 51.4 Å². The molecule has 0 spiro atoms. The van der Waals surface area contributed by atoms with Crippen molar-refractivity contribution in [3.8, 4) is 0 Å². The molecule has 0 N–H and O–H groups in total.